The van der Waals surface area contributed by atoms with Crippen molar-refractivity contribution in [1.82, 2.24) is 0 Å². The van der Waals surface area contributed by atoms with Crippen molar-refractivity contribution in [1.29, 1.82) is 0 Å². The van der Waals surface area contributed by atoms with Crippen LogP contribution in [0.25, 0.3) is 0 Å². The summed E-state index contributed by atoms with van der Waals surface area (Å²) < 4.78 is 9.39. The standard InChI is InChI=1S/C20H19ClO7/c1-27-19(25)15-13(18(24)12-7-3-4-8-14(12)22)10-11(6-5-9-21)17(23)16(15)20(26)28-2/h3-4,7-8,10,22-23H,5-6,9H2,1-2H3. The average molecular weight is 407 g/mol. The van der Waals surface area contributed by atoms with Crippen molar-refractivity contribution in [3.63, 3.8) is 0 Å². The van der Waals surface area contributed by atoms with Gasteiger partial charge < -0.3 is 19.7 Å². The Morgan fingerprint density at radius 1 is 0.964 bits per heavy atom. The molecule has 2 N–H and O–H groups in total. The van der Waals surface area contributed by atoms with Crippen molar-refractivity contribution in [2.24, 2.45) is 0 Å². The van der Waals surface area contributed by atoms with Crippen LogP contribution in [0.3, 0.4) is 0 Å². The van der Waals surface area contributed by atoms with Gasteiger partial charge in [0.15, 0.2) is 5.78 Å². The summed E-state index contributed by atoms with van der Waals surface area (Å²) in [6.45, 7) is 0. The summed E-state index contributed by atoms with van der Waals surface area (Å²) in [5, 5.41) is 20.6. The summed E-state index contributed by atoms with van der Waals surface area (Å²) in [6.07, 6.45) is 0.708. The second-order valence-corrected chi connectivity index (χ2v) is 6.18. The summed E-state index contributed by atoms with van der Waals surface area (Å²) in [5.74, 6) is -3.20. The minimum Gasteiger partial charge on any atom is -0.507 e. The van der Waals surface area contributed by atoms with E-state index in [0.717, 1.165) is 14.2 Å². The van der Waals surface area contributed by atoms with Gasteiger partial charge in [-0.3, -0.25) is 4.79 Å². The van der Waals surface area contributed by atoms with E-state index in [4.69, 9.17) is 16.3 Å². The van der Waals surface area contributed by atoms with Gasteiger partial charge in [0, 0.05) is 11.4 Å². The predicted octanol–water partition coefficient (Wildman–Crippen LogP) is 3.07. The molecular formula is C20H19ClO7. The lowest BCUT2D eigenvalue weighted by atomic mass is 9.89. The van der Waals surface area contributed by atoms with Gasteiger partial charge in [-0.05, 0) is 36.6 Å². The van der Waals surface area contributed by atoms with Gasteiger partial charge in [0.1, 0.15) is 17.1 Å². The molecule has 0 aromatic heterocycles. The number of hydrogen-bond donors (Lipinski definition) is 2. The molecule has 0 saturated carbocycles. The van der Waals surface area contributed by atoms with Crippen molar-refractivity contribution in [3.05, 3.63) is 58.1 Å². The number of carbonyl (C=O) groups is 3. The van der Waals surface area contributed by atoms with E-state index < -0.39 is 34.6 Å². The molecule has 0 aliphatic carbocycles. The van der Waals surface area contributed by atoms with Crippen molar-refractivity contribution in [2.75, 3.05) is 20.1 Å². The number of carbonyl (C=O) groups excluding carboxylic acids is 3. The number of aromatic hydroxyl groups is 2. The second-order valence-electron chi connectivity index (χ2n) is 5.80. The maximum absolute atomic E-state index is 13.1. The van der Waals surface area contributed by atoms with Crippen LogP contribution in [0.2, 0.25) is 0 Å². The molecule has 0 aliphatic rings. The molecule has 0 unspecified atom stereocenters. The van der Waals surface area contributed by atoms with Gasteiger partial charge in [-0.2, -0.15) is 0 Å². The number of para-hydroxylation sites is 1. The topological polar surface area (TPSA) is 110 Å². The lowest BCUT2D eigenvalue weighted by molar-refractivity contribution is 0.0550. The van der Waals surface area contributed by atoms with E-state index in [9.17, 15) is 24.6 Å². The number of hydrogen-bond acceptors (Lipinski definition) is 7. The van der Waals surface area contributed by atoms with E-state index in [2.05, 4.69) is 4.74 Å². The Morgan fingerprint density at radius 3 is 2.14 bits per heavy atom. The SMILES string of the molecule is COC(=O)c1c(C(=O)c2ccccc2O)cc(CCCCl)c(O)c1C(=O)OC. The lowest BCUT2D eigenvalue weighted by Crippen LogP contribution is -2.19. The average Bonchev–Trinajstić information content (AvgIpc) is 2.71. The minimum atomic E-state index is -1.00. The highest BCUT2D eigenvalue weighted by atomic mass is 35.5. The zero-order valence-electron chi connectivity index (χ0n) is 15.3. The van der Waals surface area contributed by atoms with E-state index in [0.29, 0.717) is 6.42 Å². The van der Waals surface area contributed by atoms with E-state index in [1.54, 1.807) is 6.07 Å². The Kier molecular flexibility index (Phi) is 7.00. The van der Waals surface area contributed by atoms with E-state index in [1.165, 1.54) is 24.3 Å². The summed E-state index contributed by atoms with van der Waals surface area (Å²) >= 11 is 5.71. The molecule has 0 saturated heterocycles. The Morgan fingerprint density at radius 2 is 1.57 bits per heavy atom. The summed E-state index contributed by atoms with van der Waals surface area (Å²) in [5.41, 5.74) is -0.934. The molecule has 0 radical (unpaired) electrons. The lowest BCUT2D eigenvalue weighted by Gasteiger charge is -2.16. The molecule has 0 bridgehead atoms. The van der Waals surface area contributed by atoms with Crippen LogP contribution < -0.4 is 0 Å². The normalized spacial score (nSPS) is 10.4. The molecular weight excluding hydrogens is 388 g/mol. The van der Waals surface area contributed by atoms with Gasteiger partial charge >= 0.3 is 11.9 Å². The number of ketones is 1. The van der Waals surface area contributed by atoms with Gasteiger partial charge in [0.25, 0.3) is 0 Å². The van der Waals surface area contributed by atoms with E-state index >= 15 is 0 Å². The highest BCUT2D eigenvalue weighted by molar-refractivity contribution is 6.19. The highest BCUT2D eigenvalue weighted by Gasteiger charge is 2.32. The number of phenolic OH excluding ortho intramolecular Hbond substituents is 2. The number of rotatable bonds is 7. The molecule has 2 rings (SSSR count). The van der Waals surface area contributed by atoms with Crippen LogP contribution in [0.1, 0.15) is 48.6 Å². The van der Waals surface area contributed by atoms with Crippen LogP contribution in [0.15, 0.2) is 30.3 Å². The highest BCUT2D eigenvalue weighted by Crippen LogP contribution is 2.34. The molecule has 0 heterocycles. The number of halogens is 1. The number of alkyl halides is 1. The smallest absolute Gasteiger partial charge is 0.342 e. The predicted molar refractivity (Wildman–Crippen MR) is 101 cm³/mol. The zero-order valence-corrected chi connectivity index (χ0v) is 16.1. The molecule has 8 heteroatoms. The summed E-state index contributed by atoms with van der Waals surface area (Å²) in [4.78, 5) is 37.8. The number of esters is 2. The molecule has 7 nitrogen and oxygen atoms in total. The van der Waals surface area contributed by atoms with Crippen molar-refractivity contribution in [3.8, 4) is 11.5 Å². The van der Waals surface area contributed by atoms with Crippen LogP contribution in [0, 0.1) is 0 Å². The van der Waals surface area contributed by atoms with E-state index in [1.807, 2.05) is 0 Å². The van der Waals surface area contributed by atoms with Crippen LogP contribution in [-0.4, -0.2) is 48.0 Å². The fourth-order valence-corrected chi connectivity index (χ4v) is 2.91. The fraction of sp³-hybridized carbons (Fsp3) is 0.250. The third-order valence-corrected chi connectivity index (χ3v) is 4.40. The Bertz CT molecular complexity index is 921. The first-order valence-corrected chi connectivity index (χ1v) is 8.84. The van der Waals surface area contributed by atoms with Crippen molar-refractivity contribution < 1.29 is 34.1 Å². The fourth-order valence-electron chi connectivity index (χ4n) is 2.78. The first-order valence-electron chi connectivity index (χ1n) is 8.31. The molecule has 0 amide bonds. The van der Waals surface area contributed by atoms with Gasteiger partial charge in [-0.15, -0.1) is 11.6 Å². The number of aryl methyl sites for hydroxylation is 1. The monoisotopic (exact) mass is 406 g/mol. The quantitative estimate of drug-likeness (QED) is 0.413. The molecule has 0 atom stereocenters. The Labute approximate surface area is 166 Å². The first-order chi connectivity index (χ1) is 13.4. The Hall–Kier alpha value is -3.06. The maximum Gasteiger partial charge on any atom is 0.342 e. The number of benzene rings is 2. The van der Waals surface area contributed by atoms with Gasteiger partial charge in [0.2, 0.25) is 0 Å². The molecule has 2 aromatic carbocycles. The van der Waals surface area contributed by atoms with Gasteiger partial charge in [0.05, 0.1) is 25.3 Å². The van der Waals surface area contributed by atoms with Crippen LogP contribution in [0.4, 0.5) is 0 Å². The van der Waals surface area contributed by atoms with Crippen LogP contribution in [0.5, 0.6) is 11.5 Å². The maximum atomic E-state index is 13.1. The largest absolute Gasteiger partial charge is 0.507 e. The molecule has 0 fully saturated rings. The Balaban J connectivity index is 2.84. The number of methoxy groups -OCH3 is 2. The molecule has 0 spiro atoms. The summed E-state index contributed by atoms with van der Waals surface area (Å²) in [6, 6.07) is 7.08. The molecule has 148 valence electrons. The van der Waals surface area contributed by atoms with Crippen molar-refractivity contribution in [2.45, 2.75) is 12.8 Å². The van der Waals surface area contributed by atoms with Gasteiger partial charge in [-0.1, -0.05) is 12.1 Å². The third kappa shape index (κ3) is 4.09. The van der Waals surface area contributed by atoms with Crippen molar-refractivity contribution >= 4 is 29.3 Å². The van der Waals surface area contributed by atoms with Crippen LogP contribution >= 0.6 is 11.6 Å². The minimum absolute atomic E-state index is 0.0718. The van der Waals surface area contributed by atoms with Gasteiger partial charge in [-0.25, -0.2) is 9.59 Å². The van der Waals surface area contributed by atoms with Crippen LogP contribution in [-0.2, 0) is 15.9 Å². The second kappa shape index (κ2) is 9.23. The molecule has 0 aliphatic heterocycles. The summed E-state index contributed by atoms with van der Waals surface area (Å²) in [7, 11) is 2.16. The molecule has 28 heavy (non-hydrogen) atoms. The molecule has 2 aromatic rings. The first kappa shape index (κ1) is 21.2. The number of ether oxygens (including phenoxy) is 2. The third-order valence-electron chi connectivity index (χ3n) is 4.13. The van der Waals surface area contributed by atoms with E-state index in [-0.39, 0.29) is 34.7 Å². The zero-order chi connectivity index (χ0) is 20.8. The number of phenols is 2.